The van der Waals surface area contributed by atoms with Crippen molar-refractivity contribution < 1.29 is 10.2 Å². The first-order valence-electron chi connectivity index (χ1n) is 8.70. The van der Waals surface area contributed by atoms with Gasteiger partial charge in [0.05, 0.1) is 18.8 Å². The van der Waals surface area contributed by atoms with E-state index in [1.807, 2.05) is 0 Å². The Labute approximate surface area is 143 Å². The number of hydrogen-bond donors (Lipinski definition) is 2. The number of aliphatic hydroxyl groups is 2. The first-order valence-corrected chi connectivity index (χ1v) is 8.70. The highest BCUT2D eigenvalue weighted by atomic mass is 16.3. The van der Waals surface area contributed by atoms with E-state index in [1.54, 1.807) is 0 Å². The molecule has 2 heterocycles. The monoisotopic (exact) mass is 324 g/mol. The van der Waals surface area contributed by atoms with Crippen molar-refractivity contribution in [2.24, 2.45) is 0 Å². The first kappa shape index (κ1) is 15.6. The molecule has 2 aromatic carbocycles. The third kappa shape index (κ3) is 2.81. The molecule has 1 saturated heterocycles. The van der Waals surface area contributed by atoms with Crippen molar-refractivity contribution in [3.63, 3.8) is 0 Å². The molecule has 0 saturated carbocycles. The van der Waals surface area contributed by atoms with Crippen LogP contribution in [0.2, 0.25) is 0 Å². The van der Waals surface area contributed by atoms with Crippen LogP contribution in [0.1, 0.15) is 22.7 Å². The molecule has 0 bridgehead atoms. The van der Waals surface area contributed by atoms with Crippen LogP contribution in [-0.4, -0.2) is 54.0 Å². The van der Waals surface area contributed by atoms with E-state index in [1.165, 1.54) is 22.4 Å². The maximum absolute atomic E-state index is 9.81. The topological polar surface area (TPSA) is 46.9 Å². The van der Waals surface area contributed by atoms with Gasteiger partial charge in [0.25, 0.3) is 0 Å². The van der Waals surface area contributed by atoms with Crippen LogP contribution in [0.25, 0.3) is 0 Å². The minimum Gasteiger partial charge on any atom is -0.394 e. The van der Waals surface area contributed by atoms with Gasteiger partial charge >= 0.3 is 0 Å². The number of hydrogen-bond acceptors (Lipinski definition) is 4. The van der Waals surface area contributed by atoms with E-state index in [-0.39, 0.29) is 6.61 Å². The molecular weight excluding hydrogens is 300 g/mol. The van der Waals surface area contributed by atoms with Crippen LogP contribution in [0, 0.1) is 0 Å². The maximum Gasteiger partial charge on any atom is 0.0897 e. The number of piperazine rings is 1. The number of aliphatic hydroxyl groups excluding tert-OH is 2. The van der Waals surface area contributed by atoms with Gasteiger partial charge in [0.2, 0.25) is 0 Å². The minimum absolute atomic E-state index is 0.176. The Bertz CT molecular complexity index is 718. The second-order valence-electron chi connectivity index (χ2n) is 6.81. The zero-order chi connectivity index (χ0) is 16.5. The summed E-state index contributed by atoms with van der Waals surface area (Å²) in [6, 6.07) is 17.7. The Morgan fingerprint density at radius 1 is 1.00 bits per heavy atom. The van der Waals surface area contributed by atoms with Crippen LogP contribution >= 0.6 is 0 Å². The summed E-state index contributed by atoms with van der Waals surface area (Å²) in [5, 5.41) is 19.0. The SMILES string of the molecule is OCC(O)CN1CCN2c3ccccc3Cc3ccccc3C2C1. The molecular formula is C20H24N2O2. The quantitative estimate of drug-likeness (QED) is 0.904. The van der Waals surface area contributed by atoms with E-state index in [9.17, 15) is 5.11 Å². The Morgan fingerprint density at radius 3 is 2.58 bits per heavy atom. The van der Waals surface area contributed by atoms with E-state index in [0.29, 0.717) is 12.6 Å². The molecule has 1 fully saturated rings. The summed E-state index contributed by atoms with van der Waals surface area (Å²) in [5.41, 5.74) is 5.50. The molecule has 2 N–H and O–H groups in total. The summed E-state index contributed by atoms with van der Waals surface area (Å²) in [5.74, 6) is 0. The third-order valence-corrected chi connectivity index (χ3v) is 5.24. The van der Waals surface area contributed by atoms with Crippen LogP contribution in [0.15, 0.2) is 48.5 Å². The Hall–Kier alpha value is -1.88. The number of para-hydroxylation sites is 1. The van der Waals surface area contributed by atoms with Crippen molar-refractivity contribution in [2.75, 3.05) is 37.7 Å². The van der Waals surface area contributed by atoms with Crippen molar-refractivity contribution in [1.82, 2.24) is 4.90 Å². The van der Waals surface area contributed by atoms with Gasteiger partial charge in [0, 0.05) is 31.9 Å². The summed E-state index contributed by atoms with van der Waals surface area (Å²) < 4.78 is 0. The van der Waals surface area contributed by atoms with Gasteiger partial charge in [-0.3, -0.25) is 4.90 Å². The maximum atomic E-state index is 9.81. The van der Waals surface area contributed by atoms with E-state index in [0.717, 1.165) is 26.1 Å². The lowest BCUT2D eigenvalue weighted by molar-refractivity contribution is 0.0530. The van der Waals surface area contributed by atoms with E-state index in [4.69, 9.17) is 5.11 Å². The predicted molar refractivity (Wildman–Crippen MR) is 95.3 cm³/mol. The smallest absolute Gasteiger partial charge is 0.0897 e. The Morgan fingerprint density at radius 2 is 1.75 bits per heavy atom. The molecule has 4 rings (SSSR count). The Kier molecular flexibility index (Phi) is 4.27. The van der Waals surface area contributed by atoms with Gasteiger partial charge in [-0.15, -0.1) is 0 Å². The molecule has 4 heteroatoms. The number of anilines is 1. The average Bonchev–Trinajstić information content (AvgIpc) is 2.76. The lowest BCUT2D eigenvalue weighted by atomic mass is 9.96. The normalized spacial score (nSPS) is 21.4. The lowest BCUT2D eigenvalue weighted by Gasteiger charge is -2.43. The summed E-state index contributed by atoms with van der Waals surface area (Å²) in [6.45, 7) is 3.08. The summed E-state index contributed by atoms with van der Waals surface area (Å²) in [6.07, 6.45) is 0.309. The van der Waals surface area contributed by atoms with Crippen LogP contribution in [0.5, 0.6) is 0 Å². The molecule has 0 amide bonds. The van der Waals surface area contributed by atoms with Crippen molar-refractivity contribution >= 4 is 5.69 Å². The molecule has 0 radical (unpaired) electrons. The third-order valence-electron chi connectivity index (χ3n) is 5.24. The fourth-order valence-corrected chi connectivity index (χ4v) is 4.08. The molecule has 2 unspecified atom stereocenters. The fourth-order valence-electron chi connectivity index (χ4n) is 4.08. The average molecular weight is 324 g/mol. The van der Waals surface area contributed by atoms with Gasteiger partial charge in [-0.1, -0.05) is 42.5 Å². The van der Waals surface area contributed by atoms with Crippen molar-refractivity contribution in [3.05, 3.63) is 65.2 Å². The summed E-state index contributed by atoms with van der Waals surface area (Å²) >= 11 is 0. The number of nitrogens with zero attached hydrogens (tertiary/aromatic N) is 2. The van der Waals surface area contributed by atoms with E-state index < -0.39 is 6.10 Å². The first-order chi connectivity index (χ1) is 11.8. The second-order valence-corrected chi connectivity index (χ2v) is 6.81. The number of β-amino-alcohol motifs (C(OH)–C–C–N with tert-alkyl or cyclic N) is 1. The molecule has 2 atom stereocenters. The number of benzene rings is 2. The molecule has 0 aromatic heterocycles. The Balaban J connectivity index is 1.71. The summed E-state index contributed by atoms with van der Waals surface area (Å²) in [7, 11) is 0. The van der Waals surface area contributed by atoms with Crippen LogP contribution in [-0.2, 0) is 6.42 Å². The fraction of sp³-hybridized carbons (Fsp3) is 0.400. The largest absolute Gasteiger partial charge is 0.394 e. The highest BCUT2D eigenvalue weighted by molar-refractivity contribution is 5.60. The molecule has 2 aliphatic rings. The van der Waals surface area contributed by atoms with Crippen molar-refractivity contribution in [2.45, 2.75) is 18.6 Å². The van der Waals surface area contributed by atoms with Gasteiger partial charge in [-0.2, -0.15) is 0 Å². The molecule has 2 aromatic rings. The van der Waals surface area contributed by atoms with Gasteiger partial charge in [-0.25, -0.2) is 0 Å². The highest BCUT2D eigenvalue weighted by Crippen LogP contribution is 2.38. The van der Waals surface area contributed by atoms with Gasteiger partial charge in [0.15, 0.2) is 0 Å². The van der Waals surface area contributed by atoms with Gasteiger partial charge in [-0.05, 0) is 29.2 Å². The molecule has 126 valence electrons. The molecule has 24 heavy (non-hydrogen) atoms. The zero-order valence-corrected chi connectivity index (χ0v) is 13.8. The zero-order valence-electron chi connectivity index (χ0n) is 13.8. The van der Waals surface area contributed by atoms with Crippen molar-refractivity contribution in [3.8, 4) is 0 Å². The lowest BCUT2D eigenvalue weighted by Crippen LogP contribution is -2.50. The van der Waals surface area contributed by atoms with Crippen LogP contribution in [0.4, 0.5) is 5.69 Å². The standard InChI is InChI=1S/C20H24N2O2/c23-14-17(24)12-21-9-10-22-19-8-4-2-6-16(19)11-15-5-1-3-7-18(15)20(22)13-21/h1-8,17,20,23-24H,9-14H2. The predicted octanol–water partition coefficient (Wildman–Crippen LogP) is 1.81. The van der Waals surface area contributed by atoms with Gasteiger partial charge in [0.1, 0.15) is 0 Å². The molecule has 4 nitrogen and oxygen atoms in total. The van der Waals surface area contributed by atoms with E-state index in [2.05, 4.69) is 58.3 Å². The number of rotatable bonds is 3. The molecule has 2 aliphatic heterocycles. The summed E-state index contributed by atoms with van der Waals surface area (Å²) in [4.78, 5) is 4.79. The van der Waals surface area contributed by atoms with Crippen LogP contribution < -0.4 is 4.90 Å². The number of fused-ring (bicyclic) bond motifs is 5. The molecule has 0 aliphatic carbocycles. The van der Waals surface area contributed by atoms with Gasteiger partial charge < -0.3 is 15.1 Å². The molecule has 0 spiro atoms. The van der Waals surface area contributed by atoms with Crippen LogP contribution in [0.3, 0.4) is 0 Å². The minimum atomic E-state index is -0.662. The van der Waals surface area contributed by atoms with E-state index >= 15 is 0 Å². The van der Waals surface area contributed by atoms with Crippen molar-refractivity contribution in [1.29, 1.82) is 0 Å². The highest BCUT2D eigenvalue weighted by Gasteiger charge is 2.33. The second kappa shape index (κ2) is 6.55.